The Morgan fingerprint density at radius 1 is 0.967 bits per heavy atom. The maximum Gasteiger partial charge on any atom is 0.231 e. The van der Waals surface area contributed by atoms with E-state index in [0.29, 0.717) is 11.5 Å². The highest BCUT2D eigenvalue weighted by Crippen LogP contribution is 2.42. The summed E-state index contributed by atoms with van der Waals surface area (Å²) < 4.78 is 33.5. The van der Waals surface area contributed by atoms with Crippen molar-refractivity contribution >= 4 is 0 Å². The van der Waals surface area contributed by atoms with Gasteiger partial charge in [0.1, 0.15) is 11.5 Å². The van der Waals surface area contributed by atoms with E-state index in [1.165, 1.54) is 0 Å². The summed E-state index contributed by atoms with van der Waals surface area (Å²) in [5, 5.41) is 0. The Labute approximate surface area is 177 Å². The van der Waals surface area contributed by atoms with Gasteiger partial charge in [0.15, 0.2) is 11.5 Å². The van der Waals surface area contributed by atoms with Crippen LogP contribution in [0.4, 0.5) is 0 Å². The van der Waals surface area contributed by atoms with Gasteiger partial charge in [-0.3, -0.25) is 4.90 Å². The van der Waals surface area contributed by atoms with Crippen LogP contribution in [0.15, 0.2) is 30.3 Å². The molecule has 2 aliphatic heterocycles. The molecule has 1 fully saturated rings. The summed E-state index contributed by atoms with van der Waals surface area (Å²) in [4.78, 5) is 2.37. The first-order valence-electron chi connectivity index (χ1n) is 10.2. The van der Waals surface area contributed by atoms with Crippen LogP contribution in [0.25, 0.3) is 0 Å². The van der Waals surface area contributed by atoms with Gasteiger partial charge in [0.05, 0.1) is 27.4 Å². The molecule has 0 aliphatic carbocycles. The van der Waals surface area contributed by atoms with Crippen LogP contribution in [-0.4, -0.2) is 52.3 Å². The highest BCUT2D eigenvalue weighted by atomic mass is 16.7. The van der Waals surface area contributed by atoms with E-state index in [4.69, 9.17) is 28.4 Å². The molecule has 1 atom stereocenters. The molecule has 30 heavy (non-hydrogen) atoms. The van der Waals surface area contributed by atoms with Crippen molar-refractivity contribution in [2.45, 2.75) is 32.0 Å². The van der Waals surface area contributed by atoms with Crippen LogP contribution in [0.3, 0.4) is 0 Å². The van der Waals surface area contributed by atoms with Crippen LogP contribution >= 0.6 is 0 Å². The zero-order valence-electron chi connectivity index (χ0n) is 17.8. The maximum absolute atomic E-state index is 5.91. The van der Waals surface area contributed by atoms with Crippen molar-refractivity contribution in [1.82, 2.24) is 4.90 Å². The molecule has 162 valence electrons. The number of nitrogens with zero attached hydrogens (tertiary/aromatic N) is 1. The van der Waals surface area contributed by atoms with Crippen LogP contribution in [-0.2, 0) is 17.8 Å². The molecular formula is C23H29NO6. The van der Waals surface area contributed by atoms with Gasteiger partial charge in [-0.1, -0.05) is 6.07 Å². The highest BCUT2D eigenvalue weighted by Gasteiger charge is 2.24. The number of ether oxygens (including phenoxy) is 6. The topological polar surface area (TPSA) is 58.6 Å². The zero-order valence-corrected chi connectivity index (χ0v) is 17.8. The SMILES string of the molecule is COc1ccc(CN(Cc2cc(OC)c3c(c2)OCO3)C[C@H]2CCCO2)c(OC)c1. The van der Waals surface area contributed by atoms with Crippen LogP contribution in [0.5, 0.6) is 28.7 Å². The molecular weight excluding hydrogens is 386 g/mol. The van der Waals surface area contributed by atoms with Crippen LogP contribution in [0.2, 0.25) is 0 Å². The lowest BCUT2D eigenvalue weighted by Crippen LogP contribution is -2.31. The molecule has 1 saturated heterocycles. The van der Waals surface area contributed by atoms with E-state index in [1.54, 1.807) is 21.3 Å². The molecule has 2 heterocycles. The van der Waals surface area contributed by atoms with Crippen molar-refractivity contribution in [3.05, 3.63) is 41.5 Å². The highest BCUT2D eigenvalue weighted by molar-refractivity contribution is 5.55. The smallest absolute Gasteiger partial charge is 0.231 e. The van der Waals surface area contributed by atoms with E-state index in [-0.39, 0.29) is 12.9 Å². The zero-order chi connectivity index (χ0) is 20.9. The Balaban J connectivity index is 1.57. The molecule has 0 N–H and O–H groups in total. The molecule has 0 saturated carbocycles. The van der Waals surface area contributed by atoms with Gasteiger partial charge >= 0.3 is 0 Å². The van der Waals surface area contributed by atoms with Crippen molar-refractivity contribution in [3.8, 4) is 28.7 Å². The van der Waals surface area contributed by atoms with Gasteiger partial charge in [-0.25, -0.2) is 0 Å². The monoisotopic (exact) mass is 415 g/mol. The second-order valence-corrected chi connectivity index (χ2v) is 7.51. The van der Waals surface area contributed by atoms with E-state index >= 15 is 0 Å². The fourth-order valence-corrected chi connectivity index (χ4v) is 4.02. The van der Waals surface area contributed by atoms with E-state index in [1.807, 2.05) is 24.3 Å². The molecule has 2 aromatic rings. The predicted molar refractivity (Wildman–Crippen MR) is 112 cm³/mol. The second-order valence-electron chi connectivity index (χ2n) is 7.51. The molecule has 7 nitrogen and oxygen atoms in total. The maximum atomic E-state index is 5.91. The van der Waals surface area contributed by atoms with Gasteiger partial charge in [-0.2, -0.15) is 0 Å². The summed E-state index contributed by atoms with van der Waals surface area (Å²) in [6.07, 6.45) is 2.44. The molecule has 0 bridgehead atoms. The lowest BCUT2D eigenvalue weighted by Gasteiger charge is -2.26. The Morgan fingerprint density at radius 3 is 2.57 bits per heavy atom. The first-order valence-corrected chi connectivity index (χ1v) is 10.2. The predicted octanol–water partition coefficient (Wildman–Crippen LogP) is 3.62. The lowest BCUT2D eigenvalue weighted by atomic mass is 10.1. The molecule has 0 radical (unpaired) electrons. The fraction of sp³-hybridized carbons (Fsp3) is 0.478. The van der Waals surface area contributed by atoms with Crippen molar-refractivity contribution < 1.29 is 28.4 Å². The van der Waals surface area contributed by atoms with Crippen LogP contribution in [0.1, 0.15) is 24.0 Å². The number of hydrogen-bond donors (Lipinski definition) is 0. The Hall–Kier alpha value is -2.64. The molecule has 0 amide bonds. The standard InChI is InChI=1S/C23H29NO6/c1-25-18-7-6-17(20(11-18)26-2)13-24(14-19-5-4-8-28-19)12-16-9-21(27-3)23-22(10-16)29-15-30-23/h6-7,9-11,19H,4-5,8,12-15H2,1-3H3/t19-/m1/s1. The summed E-state index contributed by atoms with van der Waals surface area (Å²) in [5.74, 6) is 3.68. The number of hydrogen-bond acceptors (Lipinski definition) is 7. The fourth-order valence-electron chi connectivity index (χ4n) is 4.02. The van der Waals surface area contributed by atoms with E-state index in [0.717, 1.165) is 67.5 Å². The van der Waals surface area contributed by atoms with E-state index < -0.39 is 0 Å². The van der Waals surface area contributed by atoms with Gasteiger partial charge in [-0.05, 0) is 36.6 Å². The largest absolute Gasteiger partial charge is 0.497 e. The summed E-state index contributed by atoms with van der Waals surface area (Å²) in [6, 6.07) is 9.98. The lowest BCUT2D eigenvalue weighted by molar-refractivity contribution is 0.0676. The van der Waals surface area contributed by atoms with E-state index in [2.05, 4.69) is 11.0 Å². The molecule has 0 unspecified atom stereocenters. The molecule has 0 aromatic heterocycles. The molecule has 2 aliphatic rings. The van der Waals surface area contributed by atoms with Gasteiger partial charge in [0.25, 0.3) is 0 Å². The Bertz CT molecular complexity index is 865. The van der Waals surface area contributed by atoms with Gasteiger partial charge in [0.2, 0.25) is 12.5 Å². The minimum atomic E-state index is 0.220. The van der Waals surface area contributed by atoms with Gasteiger partial charge in [0, 0.05) is 37.9 Å². The van der Waals surface area contributed by atoms with Crippen molar-refractivity contribution in [2.24, 2.45) is 0 Å². The first-order chi connectivity index (χ1) is 14.7. The number of benzene rings is 2. The first kappa shape index (κ1) is 20.6. The van der Waals surface area contributed by atoms with Gasteiger partial charge < -0.3 is 28.4 Å². The van der Waals surface area contributed by atoms with Crippen molar-refractivity contribution in [1.29, 1.82) is 0 Å². The van der Waals surface area contributed by atoms with Crippen LogP contribution < -0.4 is 23.7 Å². The Morgan fingerprint density at radius 2 is 1.83 bits per heavy atom. The van der Waals surface area contributed by atoms with Gasteiger partial charge in [-0.15, -0.1) is 0 Å². The summed E-state index contributed by atoms with van der Waals surface area (Å²) in [5.41, 5.74) is 2.20. The molecule has 4 rings (SSSR count). The molecule has 2 aromatic carbocycles. The molecule has 7 heteroatoms. The summed E-state index contributed by atoms with van der Waals surface area (Å²) in [6.45, 7) is 3.35. The third kappa shape index (κ3) is 4.57. The normalized spacial score (nSPS) is 17.4. The minimum absolute atomic E-state index is 0.220. The third-order valence-corrected chi connectivity index (χ3v) is 5.50. The summed E-state index contributed by atoms with van der Waals surface area (Å²) >= 11 is 0. The van der Waals surface area contributed by atoms with Crippen molar-refractivity contribution in [2.75, 3.05) is 41.3 Å². The van der Waals surface area contributed by atoms with Crippen molar-refractivity contribution in [3.63, 3.8) is 0 Å². The van der Waals surface area contributed by atoms with Crippen LogP contribution in [0, 0.1) is 0 Å². The number of rotatable bonds is 9. The van der Waals surface area contributed by atoms with E-state index in [9.17, 15) is 0 Å². The Kier molecular flexibility index (Phi) is 6.50. The average Bonchev–Trinajstić information content (AvgIpc) is 3.45. The minimum Gasteiger partial charge on any atom is -0.497 e. The average molecular weight is 415 g/mol. The summed E-state index contributed by atoms with van der Waals surface area (Å²) in [7, 11) is 4.99. The number of fused-ring (bicyclic) bond motifs is 1. The quantitative estimate of drug-likeness (QED) is 0.620. The third-order valence-electron chi connectivity index (χ3n) is 5.50. The number of methoxy groups -OCH3 is 3. The molecule has 0 spiro atoms. The second kappa shape index (κ2) is 9.45.